The van der Waals surface area contributed by atoms with Crippen LogP contribution in [0.3, 0.4) is 0 Å². The number of hydrogen-bond donors (Lipinski definition) is 0. The van der Waals surface area contributed by atoms with Crippen LogP contribution >= 0.6 is 0 Å². The zero-order valence-electron chi connectivity index (χ0n) is 18.6. The lowest BCUT2D eigenvalue weighted by molar-refractivity contribution is -0.130. The summed E-state index contributed by atoms with van der Waals surface area (Å²) in [5.41, 5.74) is 3.74. The molecule has 3 heterocycles. The van der Waals surface area contributed by atoms with Gasteiger partial charge >= 0.3 is 0 Å². The van der Waals surface area contributed by atoms with E-state index in [-0.39, 0.29) is 5.91 Å². The Hall–Kier alpha value is -2.27. The number of hydrogen-bond acceptors (Lipinski definition) is 4. The van der Waals surface area contributed by atoms with E-state index in [1.165, 1.54) is 11.1 Å². The number of benzene rings is 1. The van der Waals surface area contributed by atoms with Gasteiger partial charge in [0.05, 0.1) is 18.8 Å². The van der Waals surface area contributed by atoms with Crippen molar-refractivity contribution in [3.8, 4) is 5.75 Å². The molecule has 5 nitrogen and oxygen atoms in total. The topological polar surface area (TPSA) is 36.0 Å². The van der Waals surface area contributed by atoms with Gasteiger partial charge in [-0.15, -0.1) is 0 Å². The van der Waals surface area contributed by atoms with Crippen molar-refractivity contribution in [2.75, 3.05) is 39.8 Å². The van der Waals surface area contributed by atoms with Crippen LogP contribution in [0.4, 0.5) is 0 Å². The zero-order valence-corrected chi connectivity index (χ0v) is 18.6. The normalized spacial score (nSPS) is 23.3. The average molecular weight is 410 g/mol. The molecule has 0 radical (unpaired) electrons. The van der Waals surface area contributed by atoms with Crippen LogP contribution in [0.15, 0.2) is 42.2 Å². The fraction of sp³-hybridized carbons (Fsp3) is 0.560. The first-order valence-electron chi connectivity index (χ1n) is 11.4. The van der Waals surface area contributed by atoms with Gasteiger partial charge in [-0.05, 0) is 49.0 Å². The monoisotopic (exact) mass is 409 g/mol. The van der Waals surface area contributed by atoms with Crippen LogP contribution in [0.5, 0.6) is 5.75 Å². The summed E-state index contributed by atoms with van der Waals surface area (Å²) in [6, 6.07) is 7.08. The second kappa shape index (κ2) is 9.25. The quantitative estimate of drug-likeness (QED) is 0.687. The van der Waals surface area contributed by atoms with Crippen molar-refractivity contribution in [3.05, 3.63) is 53.4 Å². The highest BCUT2D eigenvalue weighted by Crippen LogP contribution is 2.35. The van der Waals surface area contributed by atoms with Gasteiger partial charge in [0.25, 0.3) is 0 Å². The van der Waals surface area contributed by atoms with E-state index < -0.39 is 0 Å². The van der Waals surface area contributed by atoms with E-state index >= 15 is 0 Å². The molecule has 0 aromatic heterocycles. The Labute approximate surface area is 181 Å². The Balaban J connectivity index is 1.43. The third kappa shape index (κ3) is 4.56. The van der Waals surface area contributed by atoms with E-state index in [1.807, 2.05) is 4.90 Å². The molecule has 1 saturated heterocycles. The second-order valence-corrected chi connectivity index (χ2v) is 8.97. The number of amides is 1. The molecule has 2 atom stereocenters. The van der Waals surface area contributed by atoms with Crippen molar-refractivity contribution in [1.29, 1.82) is 0 Å². The first-order chi connectivity index (χ1) is 14.5. The average Bonchev–Trinajstić information content (AvgIpc) is 3.34. The molecule has 1 amide bonds. The smallest absolute Gasteiger partial charge is 0.241 e. The number of unbranched alkanes of at least 4 members (excludes halogenated alkanes) is 1. The number of allylic oxidation sites excluding steroid dienone is 1. The minimum atomic E-state index is 0.213. The highest BCUT2D eigenvalue weighted by Gasteiger charge is 2.33. The Morgan fingerprint density at radius 3 is 3.00 bits per heavy atom. The van der Waals surface area contributed by atoms with E-state index in [9.17, 15) is 4.79 Å². The highest BCUT2D eigenvalue weighted by molar-refractivity contribution is 5.80. The van der Waals surface area contributed by atoms with Gasteiger partial charge in [-0.25, -0.2) is 0 Å². The van der Waals surface area contributed by atoms with Gasteiger partial charge in [-0.3, -0.25) is 9.69 Å². The lowest BCUT2D eigenvalue weighted by Gasteiger charge is -2.30. The van der Waals surface area contributed by atoms with Crippen LogP contribution in [-0.4, -0.2) is 66.5 Å². The number of ether oxygens (including phenoxy) is 1. The van der Waals surface area contributed by atoms with Crippen molar-refractivity contribution < 1.29 is 9.53 Å². The van der Waals surface area contributed by atoms with E-state index in [0.29, 0.717) is 18.5 Å². The number of likely N-dealkylation sites (tertiary alicyclic amines) is 1. The first kappa shape index (κ1) is 21.0. The number of carbonyl (C=O) groups is 1. The largest absolute Gasteiger partial charge is 0.493 e. The predicted molar refractivity (Wildman–Crippen MR) is 121 cm³/mol. The second-order valence-electron chi connectivity index (χ2n) is 8.97. The van der Waals surface area contributed by atoms with Gasteiger partial charge < -0.3 is 14.5 Å². The fourth-order valence-corrected chi connectivity index (χ4v) is 4.81. The molecule has 0 saturated carbocycles. The molecule has 1 aromatic carbocycles. The third-order valence-electron chi connectivity index (χ3n) is 6.61. The number of fused-ring (bicyclic) bond motifs is 1. The van der Waals surface area contributed by atoms with Gasteiger partial charge in [0.2, 0.25) is 5.91 Å². The summed E-state index contributed by atoms with van der Waals surface area (Å²) in [5, 5.41) is 0. The Morgan fingerprint density at radius 1 is 1.33 bits per heavy atom. The molecule has 4 rings (SSSR count). The molecule has 0 aliphatic carbocycles. The molecule has 5 heteroatoms. The van der Waals surface area contributed by atoms with E-state index in [2.05, 4.69) is 67.2 Å². The third-order valence-corrected chi connectivity index (χ3v) is 6.61. The van der Waals surface area contributed by atoms with Crippen molar-refractivity contribution in [1.82, 2.24) is 14.7 Å². The molecule has 0 spiro atoms. The summed E-state index contributed by atoms with van der Waals surface area (Å²) in [4.78, 5) is 19.8. The Morgan fingerprint density at radius 2 is 2.20 bits per heavy atom. The van der Waals surface area contributed by atoms with Crippen LogP contribution in [0.2, 0.25) is 0 Å². The SMILES string of the molecule is CCCCN(C(=O)CN1C[C@H](c2ccc3c(c2)CCO3)C[C@@H]1C)C1=CN(C)CC=C1. The van der Waals surface area contributed by atoms with Crippen LogP contribution in [0.1, 0.15) is 50.2 Å². The van der Waals surface area contributed by atoms with Crippen molar-refractivity contribution in [3.63, 3.8) is 0 Å². The van der Waals surface area contributed by atoms with Crippen molar-refractivity contribution in [2.24, 2.45) is 0 Å². The zero-order chi connectivity index (χ0) is 21.1. The van der Waals surface area contributed by atoms with E-state index in [0.717, 1.165) is 63.4 Å². The summed E-state index contributed by atoms with van der Waals surface area (Å²) in [5.74, 6) is 1.74. The number of likely N-dealkylation sites (N-methyl/N-ethyl adjacent to an activating group) is 1. The molecular weight excluding hydrogens is 374 g/mol. The maximum atomic E-state index is 13.3. The maximum absolute atomic E-state index is 13.3. The van der Waals surface area contributed by atoms with Gasteiger partial charge in [-0.1, -0.05) is 31.6 Å². The molecule has 1 aromatic rings. The highest BCUT2D eigenvalue weighted by atomic mass is 16.5. The summed E-state index contributed by atoms with van der Waals surface area (Å²) < 4.78 is 5.66. The van der Waals surface area contributed by atoms with Gasteiger partial charge in [-0.2, -0.15) is 0 Å². The minimum absolute atomic E-state index is 0.213. The van der Waals surface area contributed by atoms with E-state index in [1.54, 1.807) is 0 Å². The van der Waals surface area contributed by atoms with Gasteiger partial charge in [0.15, 0.2) is 0 Å². The number of rotatable bonds is 7. The molecule has 0 N–H and O–H groups in total. The first-order valence-corrected chi connectivity index (χ1v) is 11.4. The number of carbonyl (C=O) groups excluding carboxylic acids is 1. The van der Waals surface area contributed by atoms with Gasteiger partial charge in [0.1, 0.15) is 5.75 Å². The number of nitrogens with zero attached hydrogens (tertiary/aromatic N) is 3. The van der Waals surface area contributed by atoms with E-state index in [4.69, 9.17) is 4.74 Å². The van der Waals surface area contributed by atoms with Crippen molar-refractivity contribution in [2.45, 2.75) is 51.5 Å². The standard InChI is InChI=1S/C25H35N3O2/c1-4-5-12-28(23-7-6-11-26(3)17-23)25(29)18-27-16-22(14-19(27)2)20-8-9-24-21(15-20)10-13-30-24/h6-9,15,17,19,22H,4-5,10-14,16,18H2,1-3H3/t19-,22+/m0/s1. The molecule has 0 bridgehead atoms. The molecule has 3 aliphatic heterocycles. The molecule has 0 unspecified atom stereocenters. The van der Waals surface area contributed by atoms with Crippen molar-refractivity contribution >= 4 is 5.91 Å². The molecule has 1 fully saturated rings. The molecule has 3 aliphatic rings. The molecule has 162 valence electrons. The fourth-order valence-electron chi connectivity index (χ4n) is 4.81. The van der Waals surface area contributed by atoms with Crippen LogP contribution in [0, 0.1) is 0 Å². The van der Waals surface area contributed by atoms with Crippen LogP contribution < -0.4 is 4.74 Å². The lowest BCUT2D eigenvalue weighted by Crippen LogP contribution is -2.42. The lowest BCUT2D eigenvalue weighted by atomic mass is 9.94. The van der Waals surface area contributed by atoms with Crippen LogP contribution in [-0.2, 0) is 11.2 Å². The predicted octanol–water partition coefficient (Wildman–Crippen LogP) is 3.77. The summed E-state index contributed by atoms with van der Waals surface area (Å²) in [6.07, 6.45) is 10.5. The maximum Gasteiger partial charge on any atom is 0.241 e. The summed E-state index contributed by atoms with van der Waals surface area (Å²) in [6.45, 7) is 8.36. The molecule has 30 heavy (non-hydrogen) atoms. The summed E-state index contributed by atoms with van der Waals surface area (Å²) >= 11 is 0. The van der Waals surface area contributed by atoms with Crippen LogP contribution in [0.25, 0.3) is 0 Å². The minimum Gasteiger partial charge on any atom is -0.493 e. The van der Waals surface area contributed by atoms with Gasteiger partial charge in [0, 0.05) is 45.3 Å². The molecular formula is C25H35N3O2. The summed E-state index contributed by atoms with van der Waals surface area (Å²) in [7, 11) is 2.06. The Kier molecular flexibility index (Phi) is 6.47. The Bertz CT molecular complexity index is 832.